The number of hydrogen-bond acceptors (Lipinski definition) is 4. The molecule has 0 saturated heterocycles. The number of anilines is 1. The summed E-state index contributed by atoms with van der Waals surface area (Å²) in [5.41, 5.74) is 3.77. The summed E-state index contributed by atoms with van der Waals surface area (Å²) in [6.45, 7) is 0. The molecule has 0 aliphatic carbocycles. The van der Waals surface area contributed by atoms with Gasteiger partial charge in [0.15, 0.2) is 0 Å². The molecule has 2 N–H and O–H groups in total. The maximum atomic E-state index is 10.8. The first-order chi connectivity index (χ1) is 10.1. The molecule has 21 heavy (non-hydrogen) atoms. The van der Waals surface area contributed by atoms with Gasteiger partial charge < -0.3 is 9.64 Å². The number of hydroxylamine groups is 1. The Balaban J connectivity index is 2.60. The molecule has 0 aliphatic rings. The Hall–Kier alpha value is -2.11. The summed E-state index contributed by atoms with van der Waals surface area (Å²) >= 11 is 0. The number of nitrogens with one attached hydrogen (secondary N) is 1. The molecular formula is C16H22N2O3. The fourth-order valence-corrected chi connectivity index (χ4v) is 1.82. The molecule has 0 saturated carbocycles. The first-order valence-corrected chi connectivity index (χ1v) is 6.65. The number of benzene rings is 1. The van der Waals surface area contributed by atoms with E-state index in [0.29, 0.717) is 6.42 Å². The van der Waals surface area contributed by atoms with Crippen molar-refractivity contribution in [1.29, 1.82) is 0 Å². The second-order valence-electron chi connectivity index (χ2n) is 4.71. The third-order valence-corrected chi connectivity index (χ3v) is 3.02. The molecule has 0 heterocycles. The van der Waals surface area contributed by atoms with Crippen molar-refractivity contribution in [1.82, 2.24) is 5.48 Å². The monoisotopic (exact) mass is 290 g/mol. The van der Waals surface area contributed by atoms with Gasteiger partial charge in [0.2, 0.25) is 0 Å². The average Bonchev–Trinajstić information content (AvgIpc) is 2.50. The fourth-order valence-electron chi connectivity index (χ4n) is 1.82. The SMILES string of the molecule is COC(CC=CC=CC(=O)NO)c1ccc(N(C)C)cc1. The van der Waals surface area contributed by atoms with E-state index in [1.807, 2.05) is 37.2 Å². The van der Waals surface area contributed by atoms with Gasteiger partial charge in [-0.2, -0.15) is 0 Å². The molecule has 1 aromatic rings. The number of methoxy groups -OCH3 is 1. The topological polar surface area (TPSA) is 61.8 Å². The zero-order valence-electron chi connectivity index (χ0n) is 12.6. The number of ether oxygens (including phenoxy) is 1. The van der Waals surface area contributed by atoms with Crippen molar-refractivity contribution in [3.8, 4) is 0 Å². The van der Waals surface area contributed by atoms with E-state index in [9.17, 15) is 4.79 Å². The summed E-state index contributed by atoms with van der Waals surface area (Å²) in [5, 5.41) is 8.33. The predicted molar refractivity (Wildman–Crippen MR) is 83.3 cm³/mol. The summed E-state index contributed by atoms with van der Waals surface area (Å²) in [6.07, 6.45) is 7.13. The quantitative estimate of drug-likeness (QED) is 0.350. The molecule has 0 fully saturated rings. The maximum Gasteiger partial charge on any atom is 0.267 e. The van der Waals surface area contributed by atoms with Crippen molar-refractivity contribution in [3.63, 3.8) is 0 Å². The molecule has 1 amide bonds. The summed E-state index contributed by atoms with van der Waals surface area (Å²) in [5.74, 6) is -0.554. The average molecular weight is 290 g/mol. The molecule has 0 aromatic heterocycles. The zero-order chi connectivity index (χ0) is 15.7. The van der Waals surface area contributed by atoms with Crippen molar-refractivity contribution < 1.29 is 14.7 Å². The van der Waals surface area contributed by atoms with Crippen LogP contribution >= 0.6 is 0 Å². The van der Waals surface area contributed by atoms with E-state index in [4.69, 9.17) is 9.94 Å². The minimum absolute atomic E-state index is 0.0301. The Kier molecular flexibility index (Phi) is 7.21. The number of carbonyl (C=O) groups is 1. The highest BCUT2D eigenvalue weighted by Gasteiger charge is 2.08. The molecule has 1 atom stereocenters. The van der Waals surface area contributed by atoms with Gasteiger partial charge >= 0.3 is 0 Å². The third-order valence-electron chi connectivity index (χ3n) is 3.02. The van der Waals surface area contributed by atoms with E-state index < -0.39 is 5.91 Å². The van der Waals surface area contributed by atoms with Crippen LogP contribution in [0.4, 0.5) is 5.69 Å². The third kappa shape index (κ3) is 5.81. The lowest BCUT2D eigenvalue weighted by atomic mass is 10.1. The van der Waals surface area contributed by atoms with E-state index in [1.165, 1.54) is 11.6 Å². The van der Waals surface area contributed by atoms with Crippen LogP contribution in [0.5, 0.6) is 0 Å². The molecule has 0 radical (unpaired) electrons. The molecule has 114 valence electrons. The molecule has 5 heteroatoms. The molecule has 0 bridgehead atoms. The number of hydrogen-bond donors (Lipinski definition) is 2. The number of rotatable bonds is 7. The van der Waals surface area contributed by atoms with Crippen LogP contribution in [0.3, 0.4) is 0 Å². The Morgan fingerprint density at radius 3 is 2.52 bits per heavy atom. The van der Waals surface area contributed by atoms with Crippen molar-refractivity contribution in [3.05, 3.63) is 54.1 Å². The largest absolute Gasteiger partial charge is 0.378 e. The second-order valence-corrected chi connectivity index (χ2v) is 4.71. The fraction of sp³-hybridized carbons (Fsp3) is 0.312. The first-order valence-electron chi connectivity index (χ1n) is 6.65. The summed E-state index contributed by atoms with van der Waals surface area (Å²) in [4.78, 5) is 12.8. The van der Waals surface area contributed by atoms with Gasteiger partial charge in [-0.05, 0) is 24.1 Å². The number of allylic oxidation sites excluding steroid dienone is 2. The Bertz CT molecular complexity index is 493. The molecule has 1 aromatic carbocycles. The zero-order valence-corrected chi connectivity index (χ0v) is 12.6. The summed E-state index contributed by atoms with van der Waals surface area (Å²) in [7, 11) is 5.67. The molecule has 1 rings (SSSR count). The lowest BCUT2D eigenvalue weighted by molar-refractivity contribution is -0.124. The van der Waals surface area contributed by atoms with E-state index >= 15 is 0 Å². The van der Waals surface area contributed by atoms with Crippen molar-refractivity contribution in [2.24, 2.45) is 0 Å². The molecule has 5 nitrogen and oxygen atoms in total. The highest BCUT2D eigenvalue weighted by molar-refractivity contribution is 5.86. The first kappa shape index (κ1) is 16.9. The second kappa shape index (κ2) is 8.94. The minimum Gasteiger partial charge on any atom is -0.378 e. The van der Waals surface area contributed by atoms with Gasteiger partial charge in [0.25, 0.3) is 5.91 Å². The van der Waals surface area contributed by atoms with Crippen LogP contribution in [-0.4, -0.2) is 32.3 Å². The van der Waals surface area contributed by atoms with E-state index in [-0.39, 0.29) is 6.10 Å². The minimum atomic E-state index is -0.554. The predicted octanol–water partition coefficient (Wildman–Crippen LogP) is 2.45. The van der Waals surface area contributed by atoms with E-state index in [0.717, 1.165) is 11.3 Å². The maximum absolute atomic E-state index is 10.8. The van der Waals surface area contributed by atoms with Gasteiger partial charge in [-0.15, -0.1) is 0 Å². The highest BCUT2D eigenvalue weighted by atomic mass is 16.5. The molecule has 0 aliphatic heterocycles. The molecule has 0 spiro atoms. The Labute approximate surface area is 125 Å². The highest BCUT2D eigenvalue weighted by Crippen LogP contribution is 2.23. The van der Waals surface area contributed by atoms with Crippen LogP contribution < -0.4 is 10.4 Å². The van der Waals surface area contributed by atoms with Crippen LogP contribution in [0.1, 0.15) is 18.1 Å². The summed E-state index contributed by atoms with van der Waals surface area (Å²) < 4.78 is 5.48. The van der Waals surface area contributed by atoms with Crippen LogP contribution in [0.15, 0.2) is 48.6 Å². The van der Waals surface area contributed by atoms with Crippen molar-refractivity contribution >= 4 is 11.6 Å². The van der Waals surface area contributed by atoms with Crippen molar-refractivity contribution in [2.45, 2.75) is 12.5 Å². The summed E-state index contributed by atoms with van der Waals surface area (Å²) in [6, 6.07) is 8.20. The number of nitrogens with zero attached hydrogens (tertiary/aromatic N) is 1. The van der Waals surface area contributed by atoms with E-state index in [2.05, 4.69) is 12.1 Å². The van der Waals surface area contributed by atoms with Gasteiger partial charge in [-0.3, -0.25) is 10.0 Å². The molecular weight excluding hydrogens is 268 g/mol. The van der Waals surface area contributed by atoms with Gasteiger partial charge in [0.05, 0.1) is 6.10 Å². The van der Waals surface area contributed by atoms with E-state index in [1.54, 1.807) is 19.3 Å². The lowest BCUT2D eigenvalue weighted by Gasteiger charge is -2.16. The van der Waals surface area contributed by atoms with Crippen molar-refractivity contribution in [2.75, 3.05) is 26.1 Å². The Morgan fingerprint density at radius 2 is 2.00 bits per heavy atom. The Morgan fingerprint density at radius 1 is 1.33 bits per heavy atom. The van der Waals surface area contributed by atoms with Crippen LogP contribution in [0.25, 0.3) is 0 Å². The van der Waals surface area contributed by atoms with Gasteiger partial charge in [0.1, 0.15) is 0 Å². The normalized spacial score (nSPS) is 12.8. The van der Waals surface area contributed by atoms with Crippen LogP contribution in [-0.2, 0) is 9.53 Å². The van der Waals surface area contributed by atoms with Gasteiger partial charge in [-0.25, -0.2) is 5.48 Å². The van der Waals surface area contributed by atoms with Gasteiger partial charge in [-0.1, -0.05) is 30.4 Å². The van der Waals surface area contributed by atoms with Crippen LogP contribution in [0.2, 0.25) is 0 Å². The number of amides is 1. The standard InChI is InChI=1S/C16H22N2O3/c1-18(2)14-11-9-13(10-12-14)15(21-3)7-5-4-6-8-16(19)17-20/h4-6,8-12,15,20H,7H2,1-3H3,(H,17,19). The lowest BCUT2D eigenvalue weighted by Crippen LogP contribution is -2.14. The smallest absolute Gasteiger partial charge is 0.267 e. The van der Waals surface area contributed by atoms with Gasteiger partial charge in [0, 0.05) is 33.0 Å². The number of carbonyl (C=O) groups excluding carboxylic acids is 1. The van der Waals surface area contributed by atoms with Crippen LogP contribution in [0, 0.1) is 0 Å². The molecule has 1 unspecified atom stereocenters.